The zero-order valence-electron chi connectivity index (χ0n) is 38.7. The van der Waals surface area contributed by atoms with E-state index in [1.807, 2.05) is 85.7 Å². The maximum Gasteiger partial charge on any atom is 0.293 e. The van der Waals surface area contributed by atoms with Gasteiger partial charge in [0.2, 0.25) is 11.8 Å². The fraction of sp³-hybridized carbons (Fsp3) is 0.340. The van der Waals surface area contributed by atoms with Gasteiger partial charge in [-0.15, -0.1) is 11.8 Å². The van der Waals surface area contributed by atoms with Crippen LogP contribution < -0.4 is 25.7 Å². The van der Waals surface area contributed by atoms with Crippen LogP contribution >= 0.6 is 23.4 Å². The number of carbonyl (C=O) groups excluding carboxylic acids is 3. The third-order valence-corrected chi connectivity index (χ3v) is 14.4. The second-order valence-electron chi connectivity index (χ2n) is 17.1. The monoisotopic (exact) mass is 998 g/mol. The molecule has 69 heavy (non-hydrogen) atoms. The molecule has 1 aliphatic heterocycles. The van der Waals surface area contributed by atoms with Crippen LogP contribution in [0.1, 0.15) is 60.9 Å². The second kappa shape index (κ2) is 25.5. The third kappa shape index (κ3) is 15.8. The summed E-state index contributed by atoms with van der Waals surface area (Å²) < 4.78 is 29.6. The van der Waals surface area contributed by atoms with Gasteiger partial charge in [-0.2, -0.15) is 0 Å². The highest BCUT2D eigenvalue weighted by Gasteiger charge is 2.27. The van der Waals surface area contributed by atoms with Gasteiger partial charge in [0.05, 0.1) is 21.2 Å². The molecule has 0 aliphatic carbocycles. The van der Waals surface area contributed by atoms with Crippen LogP contribution in [0.4, 0.5) is 22.7 Å². The largest absolute Gasteiger partial charge is 0.376 e. The molecular weight excluding hydrogens is 940 g/mol. The quantitative estimate of drug-likeness (QED) is 0.0129. The summed E-state index contributed by atoms with van der Waals surface area (Å²) in [5.41, 5.74) is 5.60. The number of carbonyl (C=O) groups is 3. The molecule has 0 radical (unpaired) electrons. The lowest BCUT2D eigenvalue weighted by atomic mass is 9.99. The molecule has 0 aromatic heterocycles. The predicted octanol–water partition coefficient (Wildman–Crippen LogP) is 8.67. The SMILES string of the molecule is CN(C)CC[C@H](CSc1ccccc1)Nc1ccc(S(=O)(=O)NC(=O)c2ccc(N3CCN(Cc4ccccc4-c4ccc(Cl)cc4)CC3)c(NC(=O)CCCCCCC(=O)NO)c2)cc1[N+](=O)[O-]. The van der Waals surface area contributed by atoms with Gasteiger partial charge in [0.25, 0.3) is 21.6 Å². The van der Waals surface area contributed by atoms with Crippen molar-refractivity contribution in [2.75, 3.05) is 68.1 Å². The van der Waals surface area contributed by atoms with Gasteiger partial charge in [-0.3, -0.25) is 34.6 Å². The van der Waals surface area contributed by atoms with E-state index in [0.29, 0.717) is 93.5 Å². The van der Waals surface area contributed by atoms with E-state index >= 15 is 0 Å². The summed E-state index contributed by atoms with van der Waals surface area (Å²) in [6, 6.07) is 33.7. The van der Waals surface area contributed by atoms with Crippen LogP contribution in [-0.4, -0.2) is 105 Å². The number of rotatable bonds is 24. The number of sulfonamides is 1. The Hall–Kier alpha value is -6.02. The molecule has 5 aromatic rings. The minimum Gasteiger partial charge on any atom is -0.376 e. The van der Waals surface area contributed by atoms with Crippen molar-refractivity contribution < 1.29 is 32.9 Å². The van der Waals surface area contributed by atoms with Crippen LogP contribution in [0.5, 0.6) is 0 Å². The lowest BCUT2D eigenvalue weighted by Gasteiger charge is -2.37. The van der Waals surface area contributed by atoms with Crippen molar-refractivity contribution in [2.24, 2.45) is 0 Å². The van der Waals surface area contributed by atoms with Crippen LogP contribution in [0.2, 0.25) is 5.02 Å². The van der Waals surface area contributed by atoms with E-state index in [9.17, 15) is 32.9 Å². The summed E-state index contributed by atoms with van der Waals surface area (Å²) in [7, 11) is -0.738. The van der Waals surface area contributed by atoms with E-state index in [2.05, 4.69) is 37.3 Å². The lowest BCUT2D eigenvalue weighted by Crippen LogP contribution is -2.46. The highest BCUT2D eigenvalue weighted by Crippen LogP contribution is 2.33. The number of hydrogen-bond donors (Lipinski definition) is 5. The van der Waals surface area contributed by atoms with Crippen molar-refractivity contribution in [3.63, 3.8) is 0 Å². The number of nitrogens with one attached hydrogen (secondary N) is 4. The van der Waals surface area contributed by atoms with E-state index in [1.165, 1.54) is 29.8 Å². The van der Waals surface area contributed by atoms with Crippen LogP contribution in [0.3, 0.4) is 0 Å². The van der Waals surface area contributed by atoms with E-state index in [-0.39, 0.29) is 36.0 Å². The number of nitro benzene ring substituents is 1. The van der Waals surface area contributed by atoms with Crippen molar-refractivity contribution in [3.8, 4) is 11.1 Å². The molecule has 19 heteroatoms. The Morgan fingerprint density at radius 3 is 2.19 bits per heavy atom. The highest BCUT2D eigenvalue weighted by atomic mass is 35.5. The van der Waals surface area contributed by atoms with Gasteiger partial charge in [-0.1, -0.05) is 79.0 Å². The topological polar surface area (TPSA) is 207 Å². The molecule has 366 valence electrons. The molecule has 3 amide bonds. The molecule has 0 spiro atoms. The number of nitro groups is 1. The maximum atomic E-state index is 13.8. The zero-order valence-corrected chi connectivity index (χ0v) is 41.1. The standard InChI is InChI=1S/C50H59ClN8O8S2/c1-56(2)27-26-40(35-68-41-13-6-5-7-14-41)52-44-24-23-42(33-47(44)59(64)65)69(66,67)55-50(62)37-20-25-46(45(32-37)53-48(60)16-8-3-4-9-17-49(61)54-63)58-30-28-57(29-31-58)34-38-12-10-11-15-43(38)36-18-21-39(51)22-19-36/h5-7,10-15,18-25,32-33,40,52,63H,3-4,8-9,16-17,26-31,34-35H2,1-2H3,(H,53,60)(H,54,61)(H,55,62)/t40-/m1/s1. The fourth-order valence-electron chi connectivity index (χ4n) is 7.94. The molecule has 5 N–H and O–H groups in total. The number of unbranched alkanes of at least 4 members (excludes halogenated alkanes) is 3. The number of anilines is 3. The van der Waals surface area contributed by atoms with Gasteiger partial charge in [0.1, 0.15) is 5.69 Å². The molecule has 6 rings (SSSR count). The van der Waals surface area contributed by atoms with Gasteiger partial charge in [0.15, 0.2) is 0 Å². The number of nitrogens with zero attached hydrogens (tertiary/aromatic N) is 4. The van der Waals surface area contributed by atoms with E-state index in [0.717, 1.165) is 22.1 Å². The number of hydrogen-bond acceptors (Lipinski definition) is 13. The smallest absolute Gasteiger partial charge is 0.293 e. The Kier molecular flexibility index (Phi) is 19.4. The van der Waals surface area contributed by atoms with Gasteiger partial charge < -0.3 is 20.4 Å². The minimum absolute atomic E-state index is 0.0512. The molecular formula is C50H59ClN8O8S2. The first-order chi connectivity index (χ1) is 33.2. The van der Waals surface area contributed by atoms with Crippen molar-refractivity contribution >= 4 is 73.9 Å². The molecule has 5 aromatic carbocycles. The Labute approximate surface area is 413 Å². The second-order valence-corrected chi connectivity index (χ2v) is 20.3. The molecule has 1 saturated heterocycles. The zero-order chi connectivity index (χ0) is 49.3. The molecule has 1 heterocycles. The van der Waals surface area contributed by atoms with Gasteiger partial charge in [0, 0.05) is 78.9 Å². The first-order valence-corrected chi connectivity index (χ1v) is 25.7. The lowest BCUT2D eigenvalue weighted by molar-refractivity contribution is -0.384. The van der Waals surface area contributed by atoms with E-state index < -0.39 is 37.3 Å². The van der Waals surface area contributed by atoms with Crippen LogP contribution in [-0.2, 0) is 26.2 Å². The van der Waals surface area contributed by atoms with Crippen molar-refractivity contribution in [1.29, 1.82) is 0 Å². The van der Waals surface area contributed by atoms with E-state index in [1.54, 1.807) is 23.3 Å². The normalized spacial score (nSPS) is 13.4. The molecule has 1 aliphatic rings. The summed E-state index contributed by atoms with van der Waals surface area (Å²) in [6.07, 6.45) is 3.41. The Morgan fingerprint density at radius 2 is 1.51 bits per heavy atom. The highest BCUT2D eigenvalue weighted by molar-refractivity contribution is 7.99. The average Bonchev–Trinajstić information content (AvgIpc) is 3.34. The summed E-state index contributed by atoms with van der Waals surface area (Å²) in [5.74, 6) is -1.17. The minimum atomic E-state index is -4.62. The third-order valence-electron chi connectivity index (χ3n) is 11.7. The Bertz CT molecular complexity index is 2650. The van der Waals surface area contributed by atoms with Crippen LogP contribution in [0.25, 0.3) is 11.1 Å². The molecule has 16 nitrogen and oxygen atoms in total. The van der Waals surface area contributed by atoms with Gasteiger partial charge in [-0.25, -0.2) is 18.6 Å². The summed E-state index contributed by atoms with van der Waals surface area (Å²) in [5, 5.41) is 28.0. The molecule has 0 bridgehead atoms. The van der Waals surface area contributed by atoms with Crippen molar-refractivity contribution in [1.82, 2.24) is 20.0 Å². The van der Waals surface area contributed by atoms with Crippen LogP contribution in [0.15, 0.2) is 125 Å². The number of halogens is 1. The molecule has 0 unspecified atom stereocenters. The average molecular weight is 1000 g/mol. The first kappa shape index (κ1) is 52.4. The van der Waals surface area contributed by atoms with Crippen molar-refractivity contribution in [2.45, 2.75) is 67.3 Å². The molecule has 1 atom stereocenters. The summed E-state index contributed by atoms with van der Waals surface area (Å²) in [6.45, 7) is 4.00. The number of hydroxylamine groups is 1. The number of thioether (sulfide) groups is 1. The van der Waals surface area contributed by atoms with Crippen LogP contribution in [0, 0.1) is 10.1 Å². The number of benzene rings is 5. The summed E-state index contributed by atoms with van der Waals surface area (Å²) in [4.78, 5) is 57.3. The Balaban J connectivity index is 1.16. The Morgan fingerprint density at radius 1 is 0.826 bits per heavy atom. The number of piperazine rings is 1. The summed E-state index contributed by atoms with van der Waals surface area (Å²) >= 11 is 7.77. The first-order valence-electron chi connectivity index (χ1n) is 22.8. The van der Waals surface area contributed by atoms with Crippen molar-refractivity contribution in [3.05, 3.63) is 142 Å². The fourth-order valence-corrected chi connectivity index (χ4v) is 10.1. The predicted molar refractivity (Wildman–Crippen MR) is 273 cm³/mol. The van der Waals surface area contributed by atoms with Gasteiger partial charge >= 0.3 is 0 Å². The molecule has 0 saturated carbocycles. The van der Waals surface area contributed by atoms with E-state index in [4.69, 9.17) is 16.8 Å². The number of amides is 3. The van der Waals surface area contributed by atoms with Gasteiger partial charge in [-0.05, 0) is 111 Å². The maximum absolute atomic E-state index is 13.8. The molecule has 1 fully saturated rings.